The number of aromatic amines is 1. The molecule has 184 valence electrons. The third-order valence-corrected chi connectivity index (χ3v) is 8.95. The van der Waals surface area contributed by atoms with Crippen LogP contribution in [0.25, 0.3) is 32.9 Å². The highest BCUT2D eigenvalue weighted by Gasteiger charge is 2.29. The van der Waals surface area contributed by atoms with Crippen molar-refractivity contribution in [2.75, 3.05) is 17.8 Å². The molecule has 2 N–H and O–H groups in total. The summed E-state index contributed by atoms with van der Waals surface area (Å²) in [5.41, 5.74) is 2.56. The Bertz CT molecular complexity index is 1510. The van der Waals surface area contributed by atoms with E-state index in [9.17, 15) is 8.42 Å². The molecule has 3 aromatic heterocycles. The molecule has 1 fully saturated rings. The van der Waals surface area contributed by atoms with Crippen molar-refractivity contribution in [2.45, 2.75) is 46.0 Å². The number of halogens is 1. The molecule has 5 rings (SSSR count). The van der Waals surface area contributed by atoms with Crippen LogP contribution in [0.3, 0.4) is 0 Å². The van der Waals surface area contributed by atoms with Gasteiger partial charge in [0, 0.05) is 35.1 Å². The largest absolute Gasteiger partial charge is 0.343 e. The minimum absolute atomic E-state index is 0.101. The first kappa shape index (κ1) is 23.8. The van der Waals surface area contributed by atoms with Crippen LogP contribution in [0.2, 0.25) is 0 Å². The number of thiazole rings is 1. The molecule has 0 amide bonds. The molecule has 4 aromatic rings. The molecule has 11 heteroatoms. The third kappa shape index (κ3) is 4.43. The number of aryl methyl sites for hydroxylation is 1. The summed E-state index contributed by atoms with van der Waals surface area (Å²) in [7, 11) is -3.84. The fourth-order valence-electron chi connectivity index (χ4n) is 4.16. The summed E-state index contributed by atoms with van der Waals surface area (Å²) in [6, 6.07) is 6.65. The van der Waals surface area contributed by atoms with Crippen molar-refractivity contribution in [2.24, 2.45) is 0 Å². The molecule has 0 saturated carbocycles. The highest BCUT2D eigenvalue weighted by atomic mass is 32.2. The molecule has 0 radical (unpaired) electrons. The van der Waals surface area contributed by atoms with Crippen LogP contribution in [-0.2, 0) is 15.6 Å². The maximum absolute atomic E-state index is 15.9. The van der Waals surface area contributed by atoms with Crippen LogP contribution in [0, 0.1) is 12.7 Å². The first-order chi connectivity index (χ1) is 16.5. The van der Waals surface area contributed by atoms with E-state index in [1.165, 1.54) is 28.0 Å². The molecule has 0 spiro atoms. The third-order valence-electron chi connectivity index (χ3n) is 5.94. The number of nitrogens with one attached hydrogen (secondary N) is 2. The number of hydrogen-bond acceptors (Lipinski definition) is 6. The lowest BCUT2D eigenvalue weighted by molar-refractivity contribution is 0.482. The van der Waals surface area contributed by atoms with Crippen molar-refractivity contribution in [1.29, 1.82) is 0 Å². The van der Waals surface area contributed by atoms with Gasteiger partial charge in [-0.15, -0.1) is 11.3 Å². The second-order valence-electron chi connectivity index (χ2n) is 9.76. The summed E-state index contributed by atoms with van der Waals surface area (Å²) in [5, 5.41) is 1.64. The Kier molecular flexibility index (Phi) is 5.89. The quantitative estimate of drug-likeness (QED) is 0.379. The van der Waals surface area contributed by atoms with Crippen molar-refractivity contribution >= 4 is 38.3 Å². The summed E-state index contributed by atoms with van der Waals surface area (Å²) in [6.07, 6.45) is 3.07. The molecule has 1 saturated heterocycles. The second kappa shape index (κ2) is 8.65. The zero-order chi connectivity index (χ0) is 25.0. The van der Waals surface area contributed by atoms with Crippen LogP contribution in [0.4, 0.5) is 10.1 Å². The van der Waals surface area contributed by atoms with E-state index in [1.54, 1.807) is 12.1 Å². The summed E-state index contributed by atoms with van der Waals surface area (Å²) in [5.74, 6) is -0.669. The SMILES string of the molecule is Cc1cc2c(-c3sc(C(C)(C)C)nc3-c3cccc(NS(=O)(=O)N4CCCC4)c3F)ncnc2[nH]1. The average molecular weight is 515 g/mol. The number of nitrogens with zero attached hydrogens (tertiary/aromatic N) is 4. The van der Waals surface area contributed by atoms with Gasteiger partial charge in [0.15, 0.2) is 5.82 Å². The number of aromatic nitrogens is 4. The van der Waals surface area contributed by atoms with Crippen molar-refractivity contribution in [1.82, 2.24) is 24.2 Å². The van der Waals surface area contributed by atoms with E-state index in [0.717, 1.165) is 28.9 Å². The van der Waals surface area contributed by atoms with Crippen molar-refractivity contribution in [3.63, 3.8) is 0 Å². The van der Waals surface area contributed by atoms with Crippen molar-refractivity contribution < 1.29 is 12.8 Å². The predicted octanol–water partition coefficient (Wildman–Crippen LogP) is 5.25. The van der Waals surface area contributed by atoms with Gasteiger partial charge in [0.1, 0.15) is 12.0 Å². The minimum Gasteiger partial charge on any atom is -0.343 e. The zero-order valence-electron chi connectivity index (χ0n) is 20.0. The molecule has 1 aromatic carbocycles. The van der Waals surface area contributed by atoms with E-state index < -0.39 is 16.0 Å². The molecular formula is C24H27FN6O2S2. The topological polar surface area (TPSA) is 104 Å². The van der Waals surface area contributed by atoms with Gasteiger partial charge < -0.3 is 4.98 Å². The molecule has 35 heavy (non-hydrogen) atoms. The van der Waals surface area contributed by atoms with Gasteiger partial charge in [-0.25, -0.2) is 19.3 Å². The molecule has 0 bridgehead atoms. The van der Waals surface area contributed by atoms with Gasteiger partial charge in [-0.3, -0.25) is 4.72 Å². The Morgan fingerprint density at radius 1 is 1.14 bits per heavy atom. The lowest BCUT2D eigenvalue weighted by atomic mass is 9.98. The Balaban J connectivity index is 1.66. The number of benzene rings is 1. The van der Waals surface area contributed by atoms with E-state index in [4.69, 9.17) is 4.98 Å². The lowest BCUT2D eigenvalue weighted by Gasteiger charge is -2.18. The van der Waals surface area contributed by atoms with E-state index >= 15 is 4.39 Å². The van der Waals surface area contributed by atoms with Crippen LogP contribution < -0.4 is 4.72 Å². The normalized spacial score (nSPS) is 15.2. The summed E-state index contributed by atoms with van der Waals surface area (Å²) >= 11 is 1.46. The summed E-state index contributed by atoms with van der Waals surface area (Å²) in [4.78, 5) is 17.6. The maximum atomic E-state index is 15.9. The predicted molar refractivity (Wildman–Crippen MR) is 137 cm³/mol. The van der Waals surface area contributed by atoms with Crippen LogP contribution in [-0.4, -0.2) is 45.7 Å². The van der Waals surface area contributed by atoms with Gasteiger partial charge in [0.2, 0.25) is 0 Å². The number of hydrogen-bond donors (Lipinski definition) is 2. The Labute approximate surface area is 207 Å². The van der Waals surface area contributed by atoms with Crippen LogP contribution >= 0.6 is 11.3 Å². The average Bonchev–Trinajstić information content (AvgIpc) is 3.53. The van der Waals surface area contributed by atoms with Gasteiger partial charge in [0.25, 0.3) is 0 Å². The van der Waals surface area contributed by atoms with Crippen molar-refractivity contribution in [3.8, 4) is 21.8 Å². The van der Waals surface area contributed by atoms with Gasteiger partial charge >= 0.3 is 10.2 Å². The monoisotopic (exact) mass is 514 g/mol. The van der Waals surface area contributed by atoms with E-state index in [-0.39, 0.29) is 16.7 Å². The van der Waals surface area contributed by atoms with Crippen molar-refractivity contribution in [3.05, 3.63) is 47.1 Å². The van der Waals surface area contributed by atoms with Gasteiger partial charge in [0.05, 0.1) is 27.0 Å². The molecule has 0 atom stereocenters. The lowest BCUT2D eigenvalue weighted by Crippen LogP contribution is -2.33. The van der Waals surface area contributed by atoms with E-state index in [1.807, 2.05) is 33.8 Å². The number of anilines is 1. The van der Waals surface area contributed by atoms with Crippen LogP contribution in [0.1, 0.15) is 44.3 Å². The Morgan fingerprint density at radius 2 is 1.89 bits per heavy atom. The molecule has 1 aliphatic heterocycles. The Morgan fingerprint density at radius 3 is 2.60 bits per heavy atom. The minimum atomic E-state index is -3.84. The first-order valence-corrected chi connectivity index (χ1v) is 13.7. The smallest absolute Gasteiger partial charge is 0.301 e. The fraction of sp³-hybridized carbons (Fsp3) is 0.375. The molecule has 4 heterocycles. The van der Waals surface area contributed by atoms with E-state index in [0.29, 0.717) is 35.0 Å². The molecule has 1 aliphatic rings. The van der Waals surface area contributed by atoms with Gasteiger partial charge in [-0.05, 0) is 38.0 Å². The fourth-order valence-corrected chi connectivity index (χ4v) is 6.61. The summed E-state index contributed by atoms with van der Waals surface area (Å²) < 4.78 is 45.2. The highest BCUT2D eigenvalue weighted by Crippen LogP contribution is 2.43. The first-order valence-electron chi connectivity index (χ1n) is 11.4. The standard InChI is InChI=1S/C24H27FN6O2S2/c1-14-12-16-19(26-13-27-22(16)28-14)21-20(29-23(34-21)24(2,3)4)15-8-7-9-17(18(15)25)30-35(32,33)31-10-5-6-11-31/h7-9,12-13,30H,5-6,10-11H2,1-4H3,(H,26,27,28). The highest BCUT2D eigenvalue weighted by molar-refractivity contribution is 7.90. The maximum Gasteiger partial charge on any atom is 0.301 e. The molecule has 0 aliphatic carbocycles. The molecular weight excluding hydrogens is 487 g/mol. The number of H-pyrrole nitrogens is 1. The summed E-state index contributed by atoms with van der Waals surface area (Å²) in [6.45, 7) is 8.95. The van der Waals surface area contributed by atoms with E-state index in [2.05, 4.69) is 19.7 Å². The van der Waals surface area contributed by atoms with Gasteiger partial charge in [-0.2, -0.15) is 12.7 Å². The van der Waals surface area contributed by atoms with Crippen LogP contribution in [0.5, 0.6) is 0 Å². The zero-order valence-corrected chi connectivity index (χ0v) is 21.6. The number of fused-ring (bicyclic) bond motifs is 1. The molecule has 0 unspecified atom stereocenters. The van der Waals surface area contributed by atoms with Crippen LogP contribution in [0.15, 0.2) is 30.6 Å². The van der Waals surface area contributed by atoms with Gasteiger partial charge in [-0.1, -0.05) is 26.8 Å². The molecule has 8 nitrogen and oxygen atoms in total. The second-order valence-corrected chi connectivity index (χ2v) is 12.4. The number of rotatable bonds is 5. The Hall–Kier alpha value is -2.89.